The van der Waals surface area contributed by atoms with E-state index in [9.17, 15) is 19.5 Å². The van der Waals surface area contributed by atoms with Gasteiger partial charge in [-0.05, 0) is 43.7 Å². The van der Waals surface area contributed by atoms with E-state index in [0.29, 0.717) is 35.1 Å². The van der Waals surface area contributed by atoms with Crippen LogP contribution in [0, 0.1) is 6.92 Å². The minimum atomic E-state index is -1.08. The van der Waals surface area contributed by atoms with Crippen molar-refractivity contribution in [3.8, 4) is 17.2 Å². The van der Waals surface area contributed by atoms with Gasteiger partial charge in [-0.1, -0.05) is 29.5 Å². The third kappa shape index (κ3) is 4.68. The summed E-state index contributed by atoms with van der Waals surface area (Å²) in [5.74, 6) is -1.50. The molecule has 0 unspecified atom stereocenters. The molecule has 3 aromatic rings. The Bertz CT molecular complexity index is 1440. The van der Waals surface area contributed by atoms with Crippen LogP contribution in [0.4, 0.5) is 5.13 Å². The summed E-state index contributed by atoms with van der Waals surface area (Å²) < 4.78 is 21.2. The zero-order chi connectivity index (χ0) is 27.6. The van der Waals surface area contributed by atoms with E-state index in [1.54, 1.807) is 49.4 Å². The van der Waals surface area contributed by atoms with Gasteiger partial charge in [-0.15, -0.1) is 0 Å². The van der Waals surface area contributed by atoms with Crippen LogP contribution in [0.1, 0.15) is 39.5 Å². The molecule has 1 aliphatic heterocycles. The highest BCUT2D eigenvalue weighted by Crippen LogP contribution is 2.45. The molecular formula is C27H26N2O8S. The minimum Gasteiger partial charge on any atom is -0.507 e. The normalized spacial score (nSPS) is 16.4. The second kappa shape index (κ2) is 10.9. The summed E-state index contributed by atoms with van der Waals surface area (Å²) in [7, 11) is 4.20. The molecule has 11 heteroatoms. The SMILES string of the molecule is CCOc1ccc([C@H]2C(=C(O)c3cccc(OC)c3)C(=O)C(=O)N2c2nc(C)c(C(=O)OC)s2)cc1OC. The Labute approximate surface area is 223 Å². The average Bonchev–Trinajstić information content (AvgIpc) is 3.44. The van der Waals surface area contributed by atoms with Crippen molar-refractivity contribution in [3.05, 3.63) is 69.7 Å². The van der Waals surface area contributed by atoms with Crippen LogP contribution >= 0.6 is 11.3 Å². The molecule has 1 amide bonds. The Hall–Kier alpha value is -4.38. The monoisotopic (exact) mass is 538 g/mol. The van der Waals surface area contributed by atoms with E-state index in [1.807, 2.05) is 6.92 Å². The van der Waals surface area contributed by atoms with E-state index < -0.39 is 23.7 Å². The number of nitrogens with zero attached hydrogens (tertiary/aromatic N) is 2. The summed E-state index contributed by atoms with van der Waals surface area (Å²) in [5.41, 5.74) is 0.939. The first kappa shape index (κ1) is 26.7. The highest BCUT2D eigenvalue weighted by molar-refractivity contribution is 7.17. The lowest BCUT2D eigenvalue weighted by Crippen LogP contribution is -2.29. The first-order valence-corrected chi connectivity index (χ1v) is 12.4. The molecule has 1 atom stereocenters. The van der Waals surface area contributed by atoms with Crippen molar-refractivity contribution in [3.63, 3.8) is 0 Å². The Kier molecular flexibility index (Phi) is 7.67. The molecule has 2 aromatic carbocycles. The number of anilines is 1. The quantitative estimate of drug-likeness (QED) is 0.194. The first-order chi connectivity index (χ1) is 18.2. The van der Waals surface area contributed by atoms with Gasteiger partial charge in [0.15, 0.2) is 16.6 Å². The van der Waals surface area contributed by atoms with Crippen molar-refractivity contribution in [1.29, 1.82) is 0 Å². The number of Topliss-reactive ketones (excluding diaryl/α,β-unsaturated/α-hetero) is 1. The number of ether oxygens (including phenoxy) is 4. The fourth-order valence-corrected chi connectivity index (χ4v) is 5.18. The van der Waals surface area contributed by atoms with Crippen molar-refractivity contribution in [2.24, 2.45) is 0 Å². The standard InChI is InChI=1S/C27H26N2O8S/c1-6-37-18-11-10-15(13-19(18)35-4)21-20(22(30)16-8-7-9-17(12-16)34-3)23(31)25(32)29(21)27-28-14(2)24(38-27)26(33)36-5/h7-13,21,30H,6H2,1-5H3/t21-/m0/s1. The first-order valence-electron chi connectivity index (χ1n) is 11.6. The van der Waals surface area contributed by atoms with Crippen LogP contribution in [0.15, 0.2) is 48.0 Å². The molecule has 38 heavy (non-hydrogen) atoms. The maximum Gasteiger partial charge on any atom is 0.350 e. The fourth-order valence-electron chi connectivity index (χ4n) is 4.17. The maximum atomic E-state index is 13.4. The highest BCUT2D eigenvalue weighted by Gasteiger charge is 2.48. The van der Waals surface area contributed by atoms with Crippen molar-refractivity contribution < 1.29 is 38.4 Å². The number of methoxy groups -OCH3 is 3. The van der Waals surface area contributed by atoms with Crippen molar-refractivity contribution >= 4 is 39.9 Å². The van der Waals surface area contributed by atoms with Crippen LogP contribution < -0.4 is 19.1 Å². The summed E-state index contributed by atoms with van der Waals surface area (Å²) in [6.07, 6.45) is 0. The smallest absolute Gasteiger partial charge is 0.350 e. The largest absolute Gasteiger partial charge is 0.507 e. The molecule has 0 spiro atoms. The molecule has 1 N–H and O–H groups in total. The number of aliphatic hydroxyl groups excluding tert-OH is 1. The second-order valence-corrected chi connectivity index (χ2v) is 9.12. The maximum absolute atomic E-state index is 13.4. The number of esters is 1. The van der Waals surface area contributed by atoms with Gasteiger partial charge >= 0.3 is 11.9 Å². The van der Waals surface area contributed by atoms with Gasteiger partial charge in [-0.25, -0.2) is 9.78 Å². The number of hydrogen-bond acceptors (Lipinski definition) is 10. The molecule has 2 heterocycles. The summed E-state index contributed by atoms with van der Waals surface area (Å²) in [4.78, 5) is 44.9. The third-order valence-corrected chi connectivity index (χ3v) is 7.09. The molecule has 0 radical (unpaired) electrons. The number of hydrogen-bond donors (Lipinski definition) is 1. The Balaban J connectivity index is 1.96. The molecule has 0 aliphatic carbocycles. The molecule has 0 saturated carbocycles. The van der Waals surface area contributed by atoms with Crippen molar-refractivity contribution in [2.75, 3.05) is 32.8 Å². The molecule has 1 saturated heterocycles. The summed E-state index contributed by atoms with van der Waals surface area (Å²) in [6.45, 7) is 3.84. The van der Waals surface area contributed by atoms with Gasteiger partial charge in [0.05, 0.1) is 45.2 Å². The number of aryl methyl sites for hydroxylation is 1. The van der Waals surface area contributed by atoms with E-state index in [-0.39, 0.29) is 26.9 Å². The predicted octanol–water partition coefficient (Wildman–Crippen LogP) is 4.28. The number of carbonyl (C=O) groups excluding carboxylic acids is 3. The topological polar surface area (TPSA) is 124 Å². The summed E-state index contributed by atoms with van der Waals surface area (Å²) in [5, 5.41) is 11.5. The number of amides is 1. The summed E-state index contributed by atoms with van der Waals surface area (Å²) in [6, 6.07) is 10.4. The minimum absolute atomic E-state index is 0.104. The summed E-state index contributed by atoms with van der Waals surface area (Å²) >= 11 is 0.918. The lowest BCUT2D eigenvalue weighted by molar-refractivity contribution is -0.132. The van der Waals surface area contributed by atoms with Crippen LogP contribution in [-0.2, 0) is 14.3 Å². The van der Waals surface area contributed by atoms with Gasteiger partial charge in [0.2, 0.25) is 0 Å². The van der Waals surface area contributed by atoms with Gasteiger partial charge in [-0.2, -0.15) is 0 Å². The van der Waals surface area contributed by atoms with Crippen LogP contribution in [0.25, 0.3) is 5.76 Å². The highest BCUT2D eigenvalue weighted by atomic mass is 32.1. The zero-order valence-corrected chi connectivity index (χ0v) is 22.3. The number of aliphatic hydroxyl groups is 1. The molecular weight excluding hydrogens is 512 g/mol. The lowest BCUT2D eigenvalue weighted by atomic mass is 9.95. The second-order valence-electron chi connectivity index (χ2n) is 8.15. The zero-order valence-electron chi connectivity index (χ0n) is 21.4. The van der Waals surface area contributed by atoms with Crippen LogP contribution in [0.3, 0.4) is 0 Å². The molecule has 0 bridgehead atoms. The van der Waals surface area contributed by atoms with E-state index in [2.05, 4.69) is 4.98 Å². The third-order valence-electron chi connectivity index (χ3n) is 5.95. The number of thiazole rings is 1. The number of aromatic nitrogens is 1. The Morgan fingerprint density at radius 2 is 1.84 bits per heavy atom. The van der Waals surface area contributed by atoms with Crippen LogP contribution in [0.5, 0.6) is 17.2 Å². The molecule has 1 aromatic heterocycles. The molecule has 10 nitrogen and oxygen atoms in total. The van der Waals surface area contributed by atoms with E-state index in [4.69, 9.17) is 18.9 Å². The van der Waals surface area contributed by atoms with Gasteiger partial charge in [0, 0.05) is 5.56 Å². The van der Waals surface area contributed by atoms with Crippen molar-refractivity contribution in [1.82, 2.24) is 4.98 Å². The predicted molar refractivity (Wildman–Crippen MR) is 140 cm³/mol. The lowest BCUT2D eigenvalue weighted by Gasteiger charge is -2.24. The number of benzene rings is 2. The molecule has 198 valence electrons. The molecule has 1 aliphatic rings. The van der Waals surface area contributed by atoms with Crippen LogP contribution in [0.2, 0.25) is 0 Å². The van der Waals surface area contributed by atoms with Crippen LogP contribution in [-0.4, -0.2) is 55.7 Å². The van der Waals surface area contributed by atoms with E-state index in [1.165, 1.54) is 26.2 Å². The van der Waals surface area contributed by atoms with Crippen molar-refractivity contribution in [2.45, 2.75) is 19.9 Å². The van der Waals surface area contributed by atoms with Gasteiger partial charge in [-0.3, -0.25) is 14.5 Å². The van der Waals surface area contributed by atoms with Gasteiger partial charge < -0.3 is 24.1 Å². The van der Waals surface area contributed by atoms with E-state index >= 15 is 0 Å². The number of ketones is 1. The average molecular weight is 539 g/mol. The Morgan fingerprint density at radius 3 is 2.50 bits per heavy atom. The number of carbonyl (C=O) groups is 3. The van der Waals surface area contributed by atoms with Gasteiger partial charge in [0.25, 0.3) is 5.78 Å². The molecule has 1 fully saturated rings. The molecule has 4 rings (SSSR count). The fraction of sp³-hybridized carbons (Fsp3) is 0.259. The van der Waals surface area contributed by atoms with Gasteiger partial charge in [0.1, 0.15) is 16.4 Å². The number of rotatable bonds is 8. The Morgan fingerprint density at radius 1 is 1.08 bits per heavy atom. The van der Waals surface area contributed by atoms with E-state index in [0.717, 1.165) is 11.3 Å².